The molecule has 0 aliphatic rings. The summed E-state index contributed by atoms with van der Waals surface area (Å²) >= 11 is -4.29. The average molecular weight is 821 g/mol. The van der Waals surface area contributed by atoms with E-state index in [-0.39, 0.29) is 48.1 Å². The number of carboxylic acid groups (broad SMARTS) is 2. The third-order valence-electron chi connectivity index (χ3n) is 1.40. The summed E-state index contributed by atoms with van der Waals surface area (Å²) in [5.41, 5.74) is -2.65. The number of carbonyl (C=O) groups excluding carboxylic acids is 1. The first-order chi connectivity index (χ1) is 11.7. The van der Waals surface area contributed by atoms with Gasteiger partial charge in [0.1, 0.15) is 0 Å². The first-order valence-corrected chi connectivity index (χ1v) is 21.5. The molecule has 0 spiro atoms. The van der Waals surface area contributed by atoms with Crippen molar-refractivity contribution in [3.8, 4) is 0 Å². The number of rotatable bonds is 6. The van der Waals surface area contributed by atoms with Crippen LogP contribution in [0, 0.1) is 0 Å². The molecule has 29 heavy (non-hydrogen) atoms. The molecular weight excluding hydrogens is 809 g/mol. The second-order valence-corrected chi connectivity index (χ2v) is 18.9. The Hall–Kier alpha value is 4.48. The van der Waals surface area contributed by atoms with Gasteiger partial charge in [-0.3, -0.25) is 0 Å². The molecule has 0 aromatic rings. The minimum atomic E-state index is -2.65. The normalized spacial score (nSPS) is 10.2. The van der Waals surface area contributed by atoms with Crippen molar-refractivity contribution in [1.29, 1.82) is 0 Å². The Balaban J connectivity index is -0.0000000579. The molecule has 0 bridgehead atoms. The second-order valence-electron chi connectivity index (χ2n) is 3.07. The van der Waals surface area contributed by atoms with Crippen molar-refractivity contribution in [3.05, 3.63) is 0 Å². The molecule has 0 amide bonds. The third kappa shape index (κ3) is 54.7. The van der Waals surface area contributed by atoms with Crippen LogP contribution in [-0.2, 0) is 59.7 Å². The minimum absolute atomic E-state index is 0. The van der Waals surface area contributed by atoms with Crippen LogP contribution in [0.1, 0.15) is 12.8 Å². The van der Waals surface area contributed by atoms with Gasteiger partial charge >= 0.3 is 212 Å². The monoisotopic (exact) mass is 818 g/mol. The van der Waals surface area contributed by atoms with Crippen LogP contribution in [0.25, 0.3) is 0 Å². The van der Waals surface area contributed by atoms with E-state index in [0.717, 1.165) is 0 Å². The number of hydrogen-bond acceptors (Lipinski definition) is 6. The van der Waals surface area contributed by atoms with Gasteiger partial charge in [-0.2, -0.15) is 0 Å². The number of carboxylic acids is 2. The first-order valence-electron chi connectivity index (χ1n) is 4.83. The maximum atomic E-state index is 10.9. The van der Waals surface area contributed by atoms with E-state index in [0.29, 0.717) is 12.7 Å². The Bertz CT molecular complexity index is 404. The summed E-state index contributed by atoms with van der Waals surface area (Å²) < 4.78 is 4.31. The Labute approximate surface area is 256 Å². The molecule has 0 aliphatic carbocycles. The number of carbonyl (C=O) groups is 3. The Morgan fingerprint density at radius 2 is 1.34 bits per heavy atom. The molecule has 0 radical (unpaired) electrons. The van der Waals surface area contributed by atoms with Gasteiger partial charge in [0.15, 0.2) is 0 Å². The van der Waals surface area contributed by atoms with E-state index in [1.807, 2.05) is 0 Å². The fourth-order valence-corrected chi connectivity index (χ4v) is 1.50. The molecule has 0 aromatic heterocycles. The molecule has 0 saturated heterocycles. The second kappa shape index (κ2) is 34.6. The maximum absolute atomic E-state index is 10.9. The van der Waals surface area contributed by atoms with Crippen molar-refractivity contribution in [2.75, 3.05) is 0 Å². The van der Waals surface area contributed by atoms with Gasteiger partial charge in [-0.15, -0.1) is 12.4 Å². The summed E-state index contributed by atoms with van der Waals surface area (Å²) in [6.45, 7) is 0. The summed E-state index contributed by atoms with van der Waals surface area (Å²) in [6.07, 6.45) is -2.02. The summed E-state index contributed by atoms with van der Waals surface area (Å²) in [6, 6.07) is 0. The predicted molar refractivity (Wildman–Crippen MR) is 113 cm³/mol. The fraction of sp³-hybridized carbons (Fsp3) is 0.500. The zero-order valence-electron chi connectivity index (χ0n) is 12.6. The van der Waals surface area contributed by atoms with E-state index in [4.69, 9.17) is 100 Å². The third-order valence-corrected chi connectivity index (χ3v) is 2.39. The van der Waals surface area contributed by atoms with E-state index < -0.39 is 77.0 Å². The Kier molecular flexibility index (Phi) is 60.2. The molecule has 1 atom stereocenters. The Morgan fingerprint density at radius 3 is 1.52 bits per heavy atom. The summed E-state index contributed by atoms with van der Waals surface area (Å²) in [4.78, 5) is 31.7. The van der Waals surface area contributed by atoms with Crippen LogP contribution in [0.3, 0.4) is 0 Å². The van der Waals surface area contributed by atoms with Gasteiger partial charge in [-0.05, 0) is 0 Å². The van der Waals surface area contributed by atoms with Crippen LogP contribution in [0.5, 0.6) is 0 Å². The van der Waals surface area contributed by atoms with Gasteiger partial charge in [0.05, 0.1) is 0 Å². The predicted octanol–water partition coefficient (Wildman–Crippen LogP) is 4.43. The molecule has 23 heteroatoms. The topological polar surface area (TPSA) is 156 Å². The molecule has 0 saturated carbocycles. The molecule has 0 fully saturated rings. The van der Waals surface area contributed by atoms with Gasteiger partial charge in [-0.1, -0.05) is 0 Å². The van der Waals surface area contributed by atoms with E-state index >= 15 is 0 Å². The fourth-order valence-electron chi connectivity index (χ4n) is 0.767. The molecule has 6 N–H and O–H groups in total. The van der Waals surface area contributed by atoms with Crippen molar-refractivity contribution in [2.45, 2.75) is 18.4 Å². The zero-order valence-corrected chi connectivity index (χ0v) is 25.7. The Morgan fingerprint density at radius 1 is 1.07 bits per heavy atom. The van der Waals surface area contributed by atoms with Crippen LogP contribution >= 0.6 is 103 Å². The molecule has 179 valence electrons. The van der Waals surface area contributed by atoms with Gasteiger partial charge in [0, 0.05) is 0 Å². The van der Waals surface area contributed by atoms with Crippen molar-refractivity contribution in [1.82, 2.24) is 6.15 Å². The summed E-state index contributed by atoms with van der Waals surface area (Å²) in [7, 11) is 44.2. The van der Waals surface area contributed by atoms with Crippen LogP contribution in [0.15, 0.2) is 0 Å². The standard InChI is InChI=1S/C6H8O7.Al.10ClH.Cr.Mo.H3N.Na.Ni.H/c7-3(8)1-6(13,5(11)12)2-4(9)10;;;;;;;;;;;;;;;;;/h13H,1-2H2,(H,7,8)(H,9,10)(H,11,12);;10*1H;;;1H3;;;/q;+3;;;;;;;;;;;+3;+2;;;+2;/p-10. The van der Waals surface area contributed by atoms with Gasteiger partial charge in [0.2, 0.25) is 0 Å². The van der Waals surface area contributed by atoms with Crippen molar-refractivity contribution in [3.63, 3.8) is 0 Å². The van der Waals surface area contributed by atoms with Crippen LogP contribution < -0.4 is 6.15 Å². The number of aliphatic carboxylic acids is 2. The van der Waals surface area contributed by atoms with Crippen LogP contribution in [0.2, 0.25) is 0 Å². The molecule has 0 heterocycles. The van der Waals surface area contributed by atoms with E-state index in [1.165, 1.54) is 0 Å². The first kappa shape index (κ1) is 50.4. The molecule has 0 aromatic carbocycles. The number of halogens is 10. The number of aliphatic hydroxyl groups is 1. The molecule has 0 rings (SSSR count). The van der Waals surface area contributed by atoms with Gasteiger partial charge in [0.25, 0.3) is 0 Å². The molecule has 1 unspecified atom stereocenters. The summed E-state index contributed by atoms with van der Waals surface area (Å²) in [5, 5.41) is 26.2. The van der Waals surface area contributed by atoms with Crippen molar-refractivity contribution >= 4 is 161 Å². The SMILES string of the molecule is Cl.N.O=C(O)CC(O)(CC(=O)[O][Mo][Cl])C(=O)O.[Cl][Al]([Cl])[Cl].[Cl][Cr]([Cl])[Cl].[Cl][Ni][Cl].[NaH]. The van der Waals surface area contributed by atoms with E-state index in [1.54, 1.807) is 0 Å². The zero-order chi connectivity index (χ0) is 21.9. The van der Waals surface area contributed by atoms with E-state index in [2.05, 4.69) is 3.39 Å². The number of hydrogen-bond donors (Lipinski definition) is 4. The van der Waals surface area contributed by atoms with Crippen molar-refractivity contribution in [2.24, 2.45) is 0 Å². The van der Waals surface area contributed by atoms with Crippen LogP contribution in [-0.4, -0.2) is 79.8 Å². The molecule has 8 nitrogen and oxygen atoms in total. The van der Waals surface area contributed by atoms with Gasteiger partial charge in [-0.25, -0.2) is 30.1 Å². The van der Waals surface area contributed by atoms with Crippen molar-refractivity contribution < 1.29 is 75.0 Å². The summed E-state index contributed by atoms with van der Waals surface area (Å²) in [5.74, 6) is -4.36. The quantitative estimate of drug-likeness (QED) is 0.287. The average Bonchev–Trinajstić information content (AvgIpc) is 2.36. The van der Waals surface area contributed by atoms with E-state index in [9.17, 15) is 19.5 Å². The molecule has 0 aliphatic heterocycles. The van der Waals surface area contributed by atoms with Gasteiger partial charge < -0.3 is 6.15 Å². The van der Waals surface area contributed by atoms with Crippen LogP contribution in [0.4, 0.5) is 0 Å². The molecular formula is C6H12AlCl10CrMoNNaNiO7.